The molecule has 7 heteroatoms. The van der Waals surface area contributed by atoms with Gasteiger partial charge in [-0.3, -0.25) is 19.2 Å². The Balaban J connectivity index is 2.82. The maximum atomic E-state index is 12.7. The van der Waals surface area contributed by atoms with E-state index in [1.165, 1.54) is 0 Å². The lowest BCUT2D eigenvalue weighted by Gasteiger charge is -2.37. The molecule has 5 atom stereocenters. The van der Waals surface area contributed by atoms with Gasteiger partial charge in [-0.1, -0.05) is 48.0 Å². The van der Waals surface area contributed by atoms with Crippen LogP contribution in [0.15, 0.2) is 0 Å². The molecule has 1 saturated heterocycles. The molecule has 0 radical (unpaired) electrons. The van der Waals surface area contributed by atoms with Gasteiger partial charge in [-0.25, -0.2) is 0 Å². The fourth-order valence-electron chi connectivity index (χ4n) is 3.18. The summed E-state index contributed by atoms with van der Waals surface area (Å²) in [5.74, 6) is -3.89. The molecule has 7 nitrogen and oxygen atoms in total. The molecule has 0 unspecified atom stereocenters. The highest BCUT2D eigenvalue weighted by molar-refractivity contribution is 5.97. The summed E-state index contributed by atoms with van der Waals surface area (Å²) >= 11 is 0. The predicted octanol–water partition coefficient (Wildman–Crippen LogP) is 2.03. The Morgan fingerprint density at radius 1 is 1.15 bits per heavy atom. The second-order valence-corrected chi connectivity index (χ2v) is 7.86. The third-order valence-corrected chi connectivity index (χ3v) is 5.20. The lowest BCUT2D eigenvalue weighted by molar-refractivity contribution is -0.193. The number of carbonyl (C=O) groups excluding carboxylic acids is 3. The number of carboxylic acids is 1. The summed E-state index contributed by atoms with van der Waals surface area (Å²) in [4.78, 5) is 48.1. The van der Waals surface area contributed by atoms with Gasteiger partial charge in [0.2, 0.25) is 0 Å². The van der Waals surface area contributed by atoms with Crippen LogP contribution < -0.4 is 5.32 Å². The molecular formula is C19H31NO6. The van der Waals surface area contributed by atoms with Crippen molar-refractivity contribution in [2.45, 2.75) is 66.5 Å². The topological polar surface area (TPSA) is 110 Å². The normalized spacial score (nSPS) is 23.0. The fraction of sp³-hybridized carbons (Fsp3) is 0.789. The van der Waals surface area contributed by atoms with Gasteiger partial charge in [-0.2, -0.15) is 0 Å². The SMILES string of the molecule is CC[C@H](C)[C@H](CC(=O)[C@@H](NC(=O)[C@@H]1OC(=O)[C@H]1C(C)C)C(C)C)C(=O)O. The molecule has 148 valence electrons. The quantitative estimate of drug-likeness (QED) is 0.570. The van der Waals surface area contributed by atoms with Gasteiger partial charge in [-0.05, 0) is 17.8 Å². The zero-order valence-corrected chi connectivity index (χ0v) is 16.4. The third-order valence-electron chi connectivity index (χ3n) is 5.20. The van der Waals surface area contributed by atoms with Crippen LogP contribution in [-0.4, -0.2) is 40.9 Å². The van der Waals surface area contributed by atoms with E-state index in [1.54, 1.807) is 20.8 Å². The average molecular weight is 369 g/mol. The minimum absolute atomic E-state index is 0.0398. The molecule has 1 fully saturated rings. The zero-order valence-electron chi connectivity index (χ0n) is 16.4. The van der Waals surface area contributed by atoms with Gasteiger partial charge < -0.3 is 15.2 Å². The number of hydrogen-bond acceptors (Lipinski definition) is 5. The van der Waals surface area contributed by atoms with Crippen molar-refractivity contribution in [3.8, 4) is 0 Å². The van der Waals surface area contributed by atoms with Gasteiger partial charge in [0.15, 0.2) is 11.9 Å². The number of carboxylic acid groups (broad SMARTS) is 1. The molecule has 0 aromatic heterocycles. The van der Waals surface area contributed by atoms with E-state index in [0.29, 0.717) is 6.42 Å². The predicted molar refractivity (Wildman–Crippen MR) is 95.2 cm³/mol. The van der Waals surface area contributed by atoms with E-state index >= 15 is 0 Å². The molecule has 1 amide bonds. The summed E-state index contributed by atoms with van der Waals surface area (Å²) < 4.78 is 4.95. The Labute approximate surface area is 154 Å². The number of hydrogen-bond donors (Lipinski definition) is 2. The highest BCUT2D eigenvalue weighted by Gasteiger charge is 2.49. The number of esters is 1. The molecule has 0 aromatic carbocycles. The highest BCUT2D eigenvalue weighted by Crippen LogP contribution is 2.30. The van der Waals surface area contributed by atoms with Crippen LogP contribution in [0, 0.1) is 29.6 Å². The maximum Gasteiger partial charge on any atom is 0.314 e. The van der Waals surface area contributed by atoms with E-state index in [-0.39, 0.29) is 30.0 Å². The molecule has 0 spiro atoms. The summed E-state index contributed by atoms with van der Waals surface area (Å²) in [6, 6.07) is -0.805. The number of ketones is 1. The van der Waals surface area contributed by atoms with Gasteiger partial charge in [0.25, 0.3) is 5.91 Å². The number of ether oxygens (including phenoxy) is 1. The van der Waals surface area contributed by atoms with E-state index < -0.39 is 41.8 Å². The van der Waals surface area contributed by atoms with Crippen molar-refractivity contribution >= 4 is 23.6 Å². The van der Waals surface area contributed by atoms with E-state index in [9.17, 15) is 24.3 Å². The number of Topliss-reactive ketones (excluding diaryl/α,β-unsaturated/α-hetero) is 1. The van der Waals surface area contributed by atoms with Crippen LogP contribution in [0.25, 0.3) is 0 Å². The summed E-state index contributed by atoms with van der Waals surface area (Å²) in [6.45, 7) is 10.9. The summed E-state index contributed by atoms with van der Waals surface area (Å²) in [7, 11) is 0. The first-order chi connectivity index (χ1) is 12.0. The van der Waals surface area contributed by atoms with E-state index in [1.807, 2.05) is 20.8 Å². The van der Waals surface area contributed by atoms with Crippen LogP contribution in [0.1, 0.15) is 54.4 Å². The molecule has 1 aliphatic heterocycles. The second-order valence-electron chi connectivity index (χ2n) is 7.86. The standard InChI is InChI=1S/C19H31NO6/c1-7-11(6)12(18(23)24)8-13(21)15(10(4)5)20-17(22)16-14(9(2)3)19(25)26-16/h9-12,14-16H,7-8H2,1-6H3,(H,20,22)(H,23,24)/t11-,12-,14-,15-,16+/m0/s1. The van der Waals surface area contributed by atoms with Crippen LogP contribution in [0.3, 0.4) is 0 Å². The van der Waals surface area contributed by atoms with Crippen LogP contribution in [0.5, 0.6) is 0 Å². The van der Waals surface area contributed by atoms with Gasteiger partial charge in [0, 0.05) is 6.42 Å². The molecule has 1 aliphatic rings. The minimum Gasteiger partial charge on any atom is -0.481 e. The van der Waals surface area contributed by atoms with Crippen molar-refractivity contribution < 1.29 is 29.0 Å². The Kier molecular flexibility index (Phi) is 7.78. The number of rotatable bonds is 10. The smallest absolute Gasteiger partial charge is 0.314 e. The van der Waals surface area contributed by atoms with Gasteiger partial charge in [-0.15, -0.1) is 0 Å². The summed E-state index contributed by atoms with van der Waals surface area (Å²) in [5, 5.41) is 12.1. The third kappa shape index (κ3) is 5.05. The molecule has 0 aliphatic carbocycles. The van der Waals surface area contributed by atoms with E-state index in [2.05, 4.69) is 5.32 Å². The Morgan fingerprint density at radius 3 is 2.12 bits per heavy atom. The molecule has 1 heterocycles. The Morgan fingerprint density at radius 2 is 1.73 bits per heavy atom. The number of cyclic esters (lactones) is 1. The molecule has 1 rings (SSSR count). The summed E-state index contributed by atoms with van der Waals surface area (Å²) in [5.41, 5.74) is 0. The van der Waals surface area contributed by atoms with Crippen molar-refractivity contribution in [1.29, 1.82) is 0 Å². The van der Waals surface area contributed by atoms with Crippen LogP contribution >= 0.6 is 0 Å². The van der Waals surface area contributed by atoms with Crippen LogP contribution in [0.4, 0.5) is 0 Å². The minimum atomic E-state index is -1.01. The summed E-state index contributed by atoms with van der Waals surface area (Å²) in [6.07, 6.45) is -0.371. The number of carbonyl (C=O) groups is 4. The number of amides is 1. The first-order valence-corrected chi connectivity index (χ1v) is 9.27. The Hall–Kier alpha value is -1.92. The molecule has 26 heavy (non-hydrogen) atoms. The molecule has 0 bridgehead atoms. The first-order valence-electron chi connectivity index (χ1n) is 9.27. The zero-order chi connectivity index (χ0) is 20.2. The highest BCUT2D eigenvalue weighted by atomic mass is 16.6. The van der Waals surface area contributed by atoms with E-state index in [0.717, 1.165) is 0 Å². The van der Waals surface area contributed by atoms with Crippen molar-refractivity contribution in [1.82, 2.24) is 5.32 Å². The van der Waals surface area contributed by atoms with Gasteiger partial charge in [0.1, 0.15) is 5.92 Å². The number of nitrogens with one attached hydrogen (secondary N) is 1. The maximum absolute atomic E-state index is 12.7. The van der Waals surface area contributed by atoms with Crippen molar-refractivity contribution in [2.24, 2.45) is 29.6 Å². The molecule has 2 N–H and O–H groups in total. The van der Waals surface area contributed by atoms with Crippen LogP contribution in [0.2, 0.25) is 0 Å². The van der Waals surface area contributed by atoms with Crippen molar-refractivity contribution in [2.75, 3.05) is 0 Å². The first kappa shape index (κ1) is 22.1. The van der Waals surface area contributed by atoms with Gasteiger partial charge in [0.05, 0.1) is 12.0 Å². The van der Waals surface area contributed by atoms with E-state index in [4.69, 9.17) is 4.74 Å². The number of aliphatic carboxylic acids is 1. The largest absolute Gasteiger partial charge is 0.481 e. The lowest BCUT2D eigenvalue weighted by Crippen LogP contribution is -2.59. The Bertz CT molecular complexity index is 556. The second kappa shape index (κ2) is 9.14. The lowest BCUT2D eigenvalue weighted by atomic mass is 9.83. The average Bonchev–Trinajstić information content (AvgIpc) is 2.52. The molecule has 0 aromatic rings. The van der Waals surface area contributed by atoms with Crippen LogP contribution in [-0.2, 0) is 23.9 Å². The van der Waals surface area contributed by atoms with Crippen molar-refractivity contribution in [3.63, 3.8) is 0 Å². The monoisotopic (exact) mass is 369 g/mol. The molecular weight excluding hydrogens is 338 g/mol. The molecule has 0 saturated carbocycles. The fourth-order valence-corrected chi connectivity index (χ4v) is 3.18. The van der Waals surface area contributed by atoms with Crippen molar-refractivity contribution in [3.05, 3.63) is 0 Å². The van der Waals surface area contributed by atoms with Gasteiger partial charge >= 0.3 is 11.9 Å².